The van der Waals surface area contributed by atoms with Gasteiger partial charge in [-0.2, -0.15) is 8.42 Å². The van der Waals surface area contributed by atoms with Crippen molar-refractivity contribution >= 4 is 24.1 Å². The Labute approximate surface area is 157 Å². The number of benzene rings is 1. The van der Waals surface area contributed by atoms with Crippen molar-refractivity contribution in [3.63, 3.8) is 0 Å². The van der Waals surface area contributed by atoms with Crippen LogP contribution in [-0.4, -0.2) is 51.2 Å². The molecule has 0 aromatic heterocycles. The summed E-state index contributed by atoms with van der Waals surface area (Å²) in [4.78, 5) is 13.8. The van der Waals surface area contributed by atoms with E-state index in [0.717, 1.165) is 11.6 Å². The highest BCUT2D eigenvalue weighted by Gasteiger charge is 2.32. The summed E-state index contributed by atoms with van der Waals surface area (Å²) in [6, 6.07) is 5.76. The van der Waals surface area contributed by atoms with Gasteiger partial charge in [-0.1, -0.05) is 37.3 Å². The van der Waals surface area contributed by atoms with E-state index >= 15 is 0 Å². The lowest BCUT2D eigenvalue weighted by Gasteiger charge is -2.26. The van der Waals surface area contributed by atoms with Gasteiger partial charge in [0.15, 0.2) is 0 Å². The molecule has 0 unspecified atom stereocenters. The second-order valence-corrected chi connectivity index (χ2v) is 15.2. The highest BCUT2D eigenvalue weighted by atomic mass is 32.2. The van der Waals surface area contributed by atoms with Gasteiger partial charge in [-0.05, 0) is 37.4 Å². The van der Waals surface area contributed by atoms with Crippen molar-refractivity contribution < 1.29 is 22.5 Å². The van der Waals surface area contributed by atoms with E-state index in [1.54, 1.807) is 17.0 Å². The van der Waals surface area contributed by atoms with Crippen LogP contribution in [0.4, 0.5) is 0 Å². The molecule has 1 saturated heterocycles. The smallest absolute Gasteiger partial charge is 0.294 e. The molecule has 146 valence electrons. The number of amides is 1. The van der Waals surface area contributed by atoms with Crippen LogP contribution < -0.4 is 0 Å². The molecule has 1 aromatic rings. The second-order valence-electron chi connectivity index (χ2n) is 8.19. The second kappa shape index (κ2) is 8.20. The van der Waals surface area contributed by atoms with Crippen LogP contribution in [0.5, 0.6) is 0 Å². The monoisotopic (exact) mass is 399 g/mol. The zero-order chi connectivity index (χ0) is 19.5. The number of likely N-dealkylation sites (tertiary alicyclic amines) is 1. The van der Waals surface area contributed by atoms with Crippen LogP contribution in [0.25, 0.3) is 0 Å². The molecular weight excluding hydrogens is 370 g/mol. The zero-order valence-corrected chi connectivity index (χ0v) is 17.8. The van der Waals surface area contributed by atoms with Gasteiger partial charge in [-0.15, -0.1) is 0 Å². The first-order chi connectivity index (χ1) is 12.0. The Morgan fingerprint density at radius 3 is 2.62 bits per heavy atom. The topological polar surface area (TPSA) is 83.9 Å². The molecule has 1 aliphatic heterocycles. The lowest BCUT2D eigenvalue weighted by Crippen LogP contribution is -2.37. The van der Waals surface area contributed by atoms with Crippen molar-refractivity contribution in [2.75, 3.05) is 13.3 Å². The average Bonchev–Trinajstić information content (AvgIpc) is 2.82. The number of nitrogens with zero attached hydrogens (tertiary/aromatic N) is 1. The molecule has 1 fully saturated rings. The summed E-state index contributed by atoms with van der Waals surface area (Å²) in [5.74, 6) is 0.0315. The Hall–Kier alpha value is -1.22. The van der Waals surface area contributed by atoms with Crippen LogP contribution in [0.15, 0.2) is 23.1 Å². The molecule has 0 saturated carbocycles. The van der Waals surface area contributed by atoms with E-state index < -0.39 is 18.2 Å². The van der Waals surface area contributed by atoms with Crippen LogP contribution in [0.3, 0.4) is 0 Å². The minimum atomic E-state index is -4.29. The van der Waals surface area contributed by atoms with Gasteiger partial charge in [0, 0.05) is 27.1 Å². The summed E-state index contributed by atoms with van der Waals surface area (Å²) in [5, 5.41) is 0. The number of rotatable bonds is 8. The first-order valence-electron chi connectivity index (χ1n) is 8.91. The van der Waals surface area contributed by atoms with Gasteiger partial charge in [0.05, 0.1) is 4.90 Å². The lowest BCUT2D eigenvalue weighted by molar-refractivity contribution is -0.134. The van der Waals surface area contributed by atoms with Crippen LogP contribution in [-0.2, 0) is 26.1 Å². The molecule has 1 N–H and O–H groups in total. The lowest BCUT2D eigenvalue weighted by atomic mass is 10.0. The third-order valence-corrected chi connectivity index (χ3v) is 7.29. The van der Waals surface area contributed by atoms with Crippen molar-refractivity contribution in [2.45, 2.75) is 62.8 Å². The van der Waals surface area contributed by atoms with Gasteiger partial charge in [-0.3, -0.25) is 9.35 Å². The Kier molecular flexibility index (Phi) is 6.65. The van der Waals surface area contributed by atoms with Crippen molar-refractivity contribution in [3.05, 3.63) is 29.3 Å². The maximum Gasteiger partial charge on any atom is 0.294 e. The van der Waals surface area contributed by atoms with Gasteiger partial charge in [0.25, 0.3) is 10.1 Å². The van der Waals surface area contributed by atoms with Crippen LogP contribution in [0.2, 0.25) is 25.7 Å². The molecule has 0 bridgehead atoms. The van der Waals surface area contributed by atoms with Crippen LogP contribution in [0.1, 0.15) is 24.0 Å². The number of aryl methyl sites for hydroxylation is 1. The summed E-state index contributed by atoms with van der Waals surface area (Å²) in [7, 11) is -5.48. The molecule has 8 heteroatoms. The van der Waals surface area contributed by atoms with E-state index in [4.69, 9.17) is 4.74 Å². The van der Waals surface area contributed by atoms with Crippen molar-refractivity contribution in [1.29, 1.82) is 0 Å². The molecule has 1 atom stereocenters. The van der Waals surface area contributed by atoms with E-state index in [2.05, 4.69) is 19.6 Å². The Balaban J connectivity index is 2.08. The molecule has 1 aromatic carbocycles. The molecular formula is C18H29NO5SSi. The summed E-state index contributed by atoms with van der Waals surface area (Å²) in [6.07, 6.45) is 1.49. The van der Waals surface area contributed by atoms with E-state index in [1.807, 2.05) is 6.92 Å². The van der Waals surface area contributed by atoms with Gasteiger partial charge in [-0.25, -0.2) is 0 Å². The van der Waals surface area contributed by atoms with Gasteiger partial charge < -0.3 is 9.64 Å². The molecule has 1 aliphatic rings. The third-order valence-electron chi connectivity index (χ3n) is 4.63. The molecule has 0 radical (unpaired) electrons. The number of carbonyl (C=O) groups excluding carboxylic acids is 1. The quantitative estimate of drug-likeness (QED) is 0.412. The SMILES string of the molecule is Cc1ccc(S(=O)(=O)O)c(C[C@@H]2CCC(=O)N2COCC[Si](C)(C)C)c1. The largest absolute Gasteiger partial charge is 0.361 e. The minimum absolute atomic E-state index is 0.0315. The van der Waals surface area contributed by atoms with Gasteiger partial charge >= 0.3 is 0 Å². The maximum atomic E-state index is 12.2. The average molecular weight is 400 g/mol. The van der Waals surface area contributed by atoms with Gasteiger partial charge in [0.1, 0.15) is 6.73 Å². The highest BCUT2D eigenvalue weighted by molar-refractivity contribution is 7.85. The minimum Gasteiger partial charge on any atom is -0.361 e. The number of hydrogen-bond acceptors (Lipinski definition) is 4. The number of carbonyl (C=O) groups is 1. The highest BCUT2D eigenvalue weighted by Crippen LogP contribution is 2.26. The standard InChI is InChI=1S/C18H29NO5SSi/c1-14-5-7-17(25(21,22)23)15(11-14)12-16-6-8-18(20)19(16)13-24-9-10-26(2,3)4/h5,7,11,16H,6,8-10,12-13H2,1-4H3,(H,21,22,23)/t16-/m0/s1. The van der Waals surface area contributed by atoms with Gasteiger partial charge in [0.2, 0.25) is 5.91 Å². The fourth-order valence-electron chi connectivity index (χ4n) is 3.10. The van der Waals surface area contributed by atoms with Crippen molar-refractivity contribution in [2.24, 2.45) is 0 Å². The summed E-state index contributed by atoms with van der Waals surface area (Å²) < 4.78 is 38.5. The van der Waals surface area contributed by atoms with Crippen LogP contribution in [0, 0.1) is 6.92 Å². The molecule has 0 aliphatic carbocycles. The summed E-state index contributed by atoms with van der Waals surface area (Å²) in [5.41, 5.74) is 1.45. The van der Waals surface area contributed by atoms with Crippen molar-refractivity contribution in [3.8, 4) is 0 Å². The Morgan fingerprint density at radius 1 is 1.31 bits per heavy atom. The van der Waals surface area contributed by atoms with Crippen LogP contribution >= 0.6 is 0 Å². The Morgan fingerprint density at radius 2 is 2.00 bits per heavy atom. The number of ether oxygens (including phenoxy) is 1. The Bertz CT molecular complexity index is 757. The van der Waals surface area contributed by atoms with Crippen molar-refractivity contribution in [1.82, 2.24) is 4.90 Å². The normalized spacial score (nSPS) is 18.6. The zero-order valence-electron chi connectivity index (χ0n) is 16.0. The molecule has 2 rings (SSSR count). The molecule has 6 nitrogen and oxygen atoms in total. The predicted molar refractivity (Wildman–Crippen MR) is 104 cm³/mol. The molecule has 1 heterocycles. The predicted octanol–water partition coefficient (Wildman–Crippen LogP) is 3.09. The van der Waals surface area contributed by atoms with E-state index in [0.29, 0.717) is 31.4 Å². The summed E-state index contributed by atoms with van der Waals surface area (Å²) in [6.45, 7) is 9.56. The van der Waals surface area contributed by atoms with E-state index in [1.165, 1.54) is 6.07 Å². The fourth-order valence-corrected chi connectivity index (χ4v) is 4.57. The van der Waals surface area contributed by atoms with E-state index in [-0.39, 0.29) is 23.6 Å². The number of hydrogen-bond donors (Lipinski definition) is 1. The fraction of sp³-hybridized carbons (Fsp3) is 0.611. The first-order valence-corrected chi connectivity index (χ1v) is 14.1. The molecule has 26 heavy (non-hydrogen) atoms. The maximum absolute atomic E-state index is 12.2. The first kappa shape index (κ1) is 21.1. The third kappa shape index (κ3) is 5.90. The molecule has 1 amide bonds. The van der Waals surface area contributed by atoms with E-state index in [9.17, 15) is 17.8 Å². The molecule has 0 spiro atoms. The summed E-state index contributed by atoms with van der Waals surface area (Å²) >= 11 is 0.